The maximum Gasteiger partial charge on any atom is 0.123 e. The first-order chi connectivity index (χ1) is 7.56. The summed E-state index contributed by atoms with van der Waals surface area (Å²) in [6, 6.07) is 3.46. The van der Waals surface area contributed by atoms with E-state index in [1.165, 1.54) is 0 Å². The first kappa shape index (κ1) is 12.9. The average Bonchev–Trinajstić information content (AvgIpc) is 2.28. The number of hydrogen-bond donors (Lipinski definition) is 4. The third kappa shape index (κ3) is 3.16. The van der Waals surface area contributed by atoms with Gasteiger partial charge in [0, 0.05) is 0 Å². The molecule has 16 heavy (non-hydrogen) atoms. The summed E-state index contributed by atoms with van der Waals surface area (Å²) < 4.78 is 0. The number of nitrogens with one attached hydrogen (secondary N) is 1. The highest BCUT2D eigenvalue weighted by Crippen LogP contribution is 2.21. The number of anilines is 1. The second kappa shape index (κ2) is 5.79. The third-order valence-electron chi connectivity index (χ3n) is 2.49. The van der Waals surface area contributed by atoms with E-state index < -0.39 is 12.2 Å². The molecule has 0 bridgehead atoms. The van der Waals surface area contributed by atoms with Crippen LogP contribution in [0.2, 0.25) is 0 Å². The van der Waals surface area contributed by atoms with Crippen molar-refractivity contribution in [2.45, 2.75) is 25.6 Å². The maximum atomic E-state index is 9.93. The van der Waals surface area contributed by atoms with Gasteiger partial charge in [-0.05, 0) is 38.6 Å². The van der Waals surface area contributed by atoms with Crippen LogP contribution in [0.4, 0.5) is 5.82 Å². The van der Waals surface area contributed by atoms with Crippen molar-refractivity contribution >= 4 is 5.82 Å². The highest BCUT2D eigenvalue weighted by atomic mass is 16.3. The summed E-state index contributed by atoms with van der Waals surface area (Å²) in [5, 5.41) is 22.6. The Morgan fingerprint density at radius 1 is 1.44 bits per heavy atom. The Kier molecular flexibility index (Phi) is 4.67. The first-order valence-corrected chi connectivity index (χ1v) is 5.30. The smallest absolute Gasteiger partial charge is 0.123 e. The van der Waals surface area contributed by atoms with Gasteiger partial charge in [-0.1, -0.05) is 6.07 Å². The molecule has 5 N–H and O–H groups in total. The minimum Gasteiger partial charge on any atom is -0.390 e. The molecule has 1 aromatic heterocycles. The number of pyridine rings is 1. The van der Waals surface area contributed by atoms with Crippen LogP contribution in [0.3, 0.4) is 0 Å². The maximum absolute atomic E-state index is 9.93. The van der Waals surface area contributed by atoms with E-state index in [1.807, 2.05) is 6.92 Å². The minimum atomic E-state index is -0.989. The molecule has 0 aromatic carbocycles. The largest absolute Gasteiger partial charge is 0.390 e. The zero-order valence-electron chi connectivity index (χ0n) is 9.64. The topological polar surface area (TPSA) is 91.4 Å². The summed E-state index contributed by atoms with van der Waals surface area (Å²) in [7, 11) is 1.79. The van der Waals surface area contributed by atoms with E-state index in [0.29, 0.717) is 24.5 Å². The molecule has 5 heteroatoms. The van der Waals surface area contributed by atoms with Gasteiger partial charge in [-0.3, -0.25) is 0 Å². The van der Waals surface area contributed by atoms with Gasteiger partial charge in [0.15, 0.2) is 0 Å². The van der Waals surface area contributed by atoms with E-state index in [-0.39, 0.29) is 0 Å². The quantitative estimate of drug-likeness (QED) is 0.565. The number of aliphatic hydroxyl groups excluding tert-OH is 2. The Hall–Kier alpha value is -1.17. The lowest BCUT2D eigenvalue weighted by molar-refractivity contribution is 0.0112. The average molecular weight is 225 g/mol. The molecule has 0 saturated carbocycles. The first-order valence-electron chi connectivity index (χ1n) is 5.30. The predicted molar refractivity (Wildman–Crippen MR) is 62.9 cm³/mol. The van der Waals surface area contributed by atoms with Crippen molar-refractivity contribution in [1.29, 1.82) is 0 Å². The van der Waals surface area contributed by atoms with Gasteiger partial charge in [-0.25, -0.2) is 4.98 Å². The van der Waals surface area contributed by atoms with Gasteiger partial charge in [0.25, 0.3) is 0 Å². The molecule has 0 saturated heterocycles. The van der Waals surface area contributed by atoms with Crippen molar-refractivity contribution in [3.63, 3.8) is 0 Å². The van der Waals surface area contributed by atoms with Crippen LogP contribution in [0.1, 0.15) is 23.8 Å². The molecule has 0 spiro atoms. The molecule has 0 aliphatic carbocycles. The molecular weight excluding hydrogens is 206 g/mol. The molecule has 1 heterocycles. The monoisotopic (exact) mass is 225 g/mol. The normalized spacial score (nSPS) is 14.8. The summed E-state index contributed by atoms with van der Waals surface area (Å²) in [6.45, 7) is 2.47. The molecule has 2 atom stereocenters. The van der Waals surface area contributed by atoms with E-state index in [4.69, 9.17) is 5.73 Å². The van der Waals surface area contributed by atoms with Crippen molar-refractivity contribution < 1.29 is 10.2 Å². The molecule has 90 valence electrons. The van der Waals surface area contributed by atoms with Crippen LogP contribution >= 0.6 is 0 Å². The molecule has 1 rings (SSSR count). The Labute approximate surface area is 95.3 Å². The standard InChI is InChI=1S/C11H19N3O2/c1-7-3-4-9(12)14-10(7)11(16)8(15)5-6-13-2/h3-4,8,11,13,15-16H,5-6H2,1-2H3,(H2,12,14). The van der Waals surface area contributed by atoms with Crippen molar-refractivity contribution in [3.05, 3.63) is 23.4 Å². The summed E-state index contributed by atoms with van der Waals surface area (Å²) in [5.74, 6) is 0.348. The Morgan fingerprint density at radius 2 is 2.12 bits per heavy atom. The zero-order chi connectivity index (χ0) is 12.1. The molecule has 0 radical (unpaired) electrons. The number of rotatable bonds is 5. The number of aromatic nitrogens is 1. The predicted octanol–water partition coefficient (Wildman–Crippen LogP) is -0.0240. The van der Waals surface area contributed by atoms with Crippen LogP contribution < -0.4 is 11.1 Å². The van der Waals surface area contributed by atoms with E-state index in [0.717, 1.165) is 5.56 Å². The number of nitrogens with zero attached hydrogens (tertiary/aromatic N) is 1. The number of aliphatic hydroxyl groups is 2. The van der Waals surface area contributed by atoms with Crippen molar-refractivity contribution in [2.75, 3.05) is 19.3 Å². The number of aryl methyl sites for hydroxylation is 1. The van der Waals surface area contributed by atoms with Crippen molar-refractivity contribution in [3.8, 4) is 0 Å². The van der Waals surface area contributed by atoms with Gasteiger partial charge >= 0.3 is 0 Å². The fourth-order valence-corrected chi connectivity index (χ4v) is 1.49. The summed E-state index contributed by atoms with van der Waals surface area (Å²) in [4.78, 5) is 4.05. The van der Waals surface area contributed by atoms with Gasteiger partial charge in [0.05, 0.1) is 11.8 Å². The van der Waals surface area contributed by atoms with Crippen LogP contribution in [0.5, 0.6) is 0 Å². The summed E-state index contributed by atoms with van der Waals surface area (Å²) >= 11 is 0. The molecule has 0 aliphatic rings. The van der Waals surface area contributed by atoms with Gasteiger partial charge in [-0.15, -0.1) is 0 Å². The van der Waals surface area contributed by atoms with Gasteiger partial charge in [0.2, 0.25) is 0 Å². The second-order valence-corrected chi connectivity index (χ2v) is 3.84. The van der Waals surface area contributed by atoms with Crippen LogP contribution in [0.15, 0.2) is 12.1 Å². The summed E-state index contributed by atoms with van der Waals surface area (Å²) in [5.41, 5.74) is 6.82. The Bertz CT molecular complexity index is 344. The van der Waals surface area contributed by atoms with E-state index >= 15 is 0 Å². The van der Waals surface area contributed by atoms with Crippen LogP contribution in [-0.4, -0.2) is 34.9 Å². The third-order valence-corrected chi connectivity index (χ3v) is 2.49. The fraction of sp³-hybridized carbons (Fsp3) is 0.545. The molecule has 0 amide bonds. The number of nitrogens with two attached hydrogens (primary N) is 1. The molecule has 0 fully saturated rings. The molecule has 0 aliphatic heterocycles. The summed E-state index contributed by atoms with van der Waals surface area (Å²) in [6.07, 6.45) is -1.36. The highest BCUT2D eigenvalue weighted by molar-refractivity contribution is 5.34. The van der Waals surface area contributed by atoms with Gasteiger partial charge < -0.3 is 21.3 Å². The Morgan fingerprint density at radius 3 is 2.75 bits per heavy atom. The number of hydrogen-bond acceptors (Lipinski definition) is 5. The van der Waals surface area contributed by atoms with E-state index in [9.17, 15) is 10.2 Å². The molecule has 5 nitrogen and oxygen atoms in total. The van der Waals surface area contributed by atoms with Crippen LogP contribution in [0, 0.1) is 6.92 Å². The zero-order valence-corrected chi connectivity index (χ0v) is 9.64. The lowest BCUT2D eigenvalue weighted by Gasteiger charge is -2.19. The van der Waals surface area contributed by atoms with Gasteiger partial charge in [-0.2, -0.15) is 0 Å². The Balaban J connectivity index is 2.78. The van der Waals surface area contributed by atoms with Crippen molar-refractivity contribution in [2.24, 2.45) is 0 Å². The highest BCUT2D eigenvalue weighted by Gasteiger charge is 2.21. The van der Waals surface area contributed by atoms with Crippen molar-refractivity contribution in [1.82, 2.24) is 10.3 Å². The molecular formula is C11H19N3O2. The second-order valence-electron chi connectivity index (χ2n) is 3.84. The fourth-order valence-electron chi connectivity index (χ4n) is 1.49. The molecule has 2 unspecified atom stereocenters. The van der Waals surface area contributed by atoms with E-state index in [2.05, 4.69) is 10.3 Å². The SMILES string of the molecule is CNCCC(O)C(O)c1nc(N)ccc1C. The number of nitrogen functional groups attached to an aromatic ring is 1. The molecule has 1 aromatic rings. The van der Waals surface area contributed by atoms with Crippen LogP contribution in [-0.2, 0) is 0 Å². The lowest BCUT2D eigenvalue weighted by Crippen LogP contribution is -2.24. The van der Waals surface area contributed by atoms with Crippen LogP contribution in [0.25, 0.3) is 0 Å². The minimum absolute atomic E-state index is 0.348. The van der Waals surface area contributed by atoms with E-state index in [1.54, 1.807) is 19.2 Å². The lowest BCUT2D eigenvalue weighted by atomic mass is 10.0. The van der Waals surface area contributed by atoms with Gasteiger partial charge in [0.1, 0.15) is 11.9 Å².